The number of hydrogen-bond acceptors (Lipinski definition) is 9. The fourth-order valence-electron chi connectivity index (χ4n) is 6.25. The SMILES string of the molecule is Nc1ncc(-c2cc(N3CC4CC3CN4C3COC3)nc(N3CC4CC3C4)n2)cc1OC(F)F. The maximum absolute atomic E-state index is 12.9. The summed E-state index contributed by atoms with van der Waals surface area (Å²) in [5.74, 6) is 2.09. The molecule has 2 aromatic heterocycles. The fraction of sp³-hybridized carbons (Fsp3) is 0.609. The number of fused-ring (bicyclic) bond motifs is 3. The molecule has 2 unspecified atom stereocenters. The van der Waals surface area contributed by atoms with Crippen molar-refractivity contribution in [2.45, 2.75) is 50.0 Å². The predicted octanol–water partition coefficient (Wildman–Crippen LogP) is 1.98. The second kappa shape index (κ2) is 7.61. The highest BCUT2D eigenvalue weighted by Gasteiger charge is 2.48. The number of nitrogen functional groups attached to an aromatic ring is 1. The van der Waals surface area contributed by atoms with Crippen molar-refractivity contribution in [3.63, 3.8) is 0 Å². The Hall–Kier alpha value is -2.79. The van der Waals surface area contributed by atoms with Gasteiger partial charge in [-0.05, 0) is 31.2 Å². The van der Waals surface area contributed by atoms with Crippen LogP contribution in [0.2, 0.25) is 0 Å². The number of nitrogens with two attached hydrogens (primary N) is 1. The Morgan fingerprint density at radius 3 is 2.47 bits per heavy atom. The Labute approximate surface area is 195 Å². The second-order valence-corrected chi connectivity index (χ2v) is 10.1. The van der Waals surface area contributed by atoms with Crippen LogP contribution in [0.4, 0.5) is 26.4 Å². The van der Waals surface area contributed by atoms with Crippen molar-refractivity contribution in [2.75, 3.05) is 48.4 Å². The van der Waals surface area contributed by atoms with Gasteiger partial charge in [0.2, 0.25) is 5.95 Å². The van der Waals surface area contributed by atoms with Crippen LogP contribution in [0, 0.1) is 5.92 Å². The molecule has 0 spiro atoms. The van der Waals surface area contributed by atoms with E-state index in [0.29, 0.717) is 47.3 Å². The number of piperazine rings is 1. The fourth-order valence-corrected chi connectivity index (χ4v) is 6.25. The zero-order chi connectivity index (χ0) is 23.0. The number of aromatic nitrogens is 3. The van der Waals surface area contributed by atoms with Gasteiger partial charge in [0, 0.05) is 55.6 Å². The quantitative estimate of drug-likeness (QED) is 0.679. The molecule has 180 valence electrons. The van der Waals surface area contributed by atoms with Gasteiger partial charge in [0.1, 0.15) is 5.82 Å². The summed E-state index contributed by atoms with van der Waals surface area (Å²) in [6, 6.07) is 5.36. The summed E-state index contributed by atoms with van der Waals surface area (Å²) in [4.78, 5) is 21.2. The van der Waals surface area contributed by atoms with Gasteiger partial charge in [-0.15, -0.1) is 0 Å². The maximum Gasteiger partial charge on any atom is 0.387 e. The normalized spacial score (nSPS) is 30.2. The van der Waals surface area contributed by atoms with Crippen LogP contribution in [0.5, 0.6) is 5.75 Å². The lowest BCUT2D eigenvalue weighted by Gasteiger charge is -2.42. The van der Waals surface area contributed by atoms with Gasteiger partial charge < -0.3 is 25.0 Å². The zero-order valence-electron chi connectivity index (χ0n) is 18.7. The molecule has 0 amide bonds. The molecule has 6 fully saturated rings. The zero-order valence-corrected chi connectivity index (χ0v) is 18.7. The summed E-state index contributed by atoms with van der Waals surface area (Å²) in [7, 11) is 0. The molecule has 9 nitrogen and oxygen atoms in total. The Morgan fingerprint density at radius 2 is 1.82 bits per heavy atom. The van der Waals surface area contributed by atoms with Crippen molar-refractivity contribution < 1.29 is 18.3 Å². The highest BCUT2D eigenvalue weighted by atomic mass is 19.3. The van der Waals surface area contributed by atoms with E-state index in [2.05, 4.69) is 24.4 Å². The van der Waals surface area contributed by atoms with Gasteiger partial charge in [0.05, 0.1) is 24.9 Å². The van der Waals surface area contributed by atoms with Gasteiger partial charge in [0.25, 0.3) is 0 Å². The minimum absolute atomic E-state index is 0.0733. The molecule has 6 aliphatic rings. The highest BCUT2D eigenvalue weighted by Crippen LogP contribution is 2.44. The summed E-state index contributed by atoms with van der Waals surface area (Å²) < 4.78 is 35.7. The number of halogens is 2. The first-order valence-electron chi connectivity index (χ1n) is 12.0. The molecule has 2 atom stereocenters. The van der Waals surface area contributed by atoms with E-state index in [1.54, 1.807) is 6.20 Å². The van der Waals surface area contributed by atoms with Crippen LogP contribution >= 0.6 is 0 Å². The lowest BCUT2D eigenvalue weighted by Crippen LogP contribution is -2.57. The largest absolute Gasteiger partial charge is 0.431 e. The highest BCUT2D eigenvalue weighted by molar-refractivity contribution is 5.68. The van der Waals surface area contributed by atoms with E-state index in [9.17, 15) is 8.78 Å². The molecule has 11 heteroatoms. The van der Waals surface area contributed by atoms with Crippen LogP contribution < -0.4 is 20.3 Å². The number of nitrogens with zero attached hydrogens (tertiary/aromatic N) is 6. The first kappa shape index (κ1) is 20.6. The lowest BCUT2D eigenvalue weighted by atomic mass is 9.86. The summed E-state index contributed by atoms with van der Waals surface area (Å²) in [6.45, 7) is 1.58. The van der Waals surface area contributed by atoms with Crippen LogP contribution in [0.15, 0.2) is 18.3 Å². The van der Waals surface area contributed by atoms with Gasteiger partial charge in [-0.3, -0.25) is 4.90 Å². The number of hydrogen-bond donors (Lipinski definition) is 1. The van der Waals surface area contributed by atoms with Crippen molar-refractivity contribution in [1.82, 2.24) is 19.9 Å². The second-order valence-electron chi connectivity index (χ2n) is 10.1. The molecule has 2 N–H and O–H groups in total. The molecule has 8 rings (SSSR count). The van der Waals surface area contributed by atoms with E-state index >= 15 is 0 Å². The van der Waals surface area contributed by atoms with Crippen molar-refractivity contribution in [2.24, 2.45) is 5.92 Å². The molecule has 0 aromatic carbocycles. The monoisotopic (exact) mass is 471 g/mol. The number of pyridine rings is 1. The molecule has 0 radical (unpaired) electrons. The number of ether oxygens (including phenoxy) is 2. The minimum atomic E-state index is -2.98. The Kier molecular flexibility index (Phi) is 4.60. The van der Waals surface area contributed by atoms with E-state index in [1.165, 1.54) is 18.9 Å². The van der Waals surface area contributed by atoms with Crippen molar-refractivity contribution >= 4 is 17.6 Å². The average molecular weight is 472 g/mol. The Bertz CT molecular complexity index is 1110. The van der Waals surface area contributed by atoms with E-state index in [1.807, 2.05) is 6.07 Å². The topological polar surface area (TPSA) is 92.9 Å². The molecule has 34 heavy (non-hydrogen) atoms. The first-order chi connectivity index (χ1) is 16.5. The van der Waals surface area contributed by atoms with Gasteiger partial charge in [-0.1, -0.05) is 0 Å². The molecular formula is C23H27F2N7O2. The molecule has 1 aliphatic carbocycles. The van der Waals surface area contributed by atoms with Gasteiger partial charge in [-0.25, -0.2) is 9.97 Å². The van der Waals surface area contributed by atoms with Crippen molar-refractivity contribution in [3.05, 3.63) is 18.3 Å². The lowest BCUT2D eigenvalue weighted by molar-refractivity contribution is -0.0708. The first-order valence-corrected chi connectivity index (χ1v) is 12.0. The maximum atomic E-state index is 12.9. The Balaban J connectivity index is 1.23. The standard InChI is InChI=1S/C23H27F2N7O2/c24-22(25)34-19-3-13(6-27-21(19)26)18-5-20(29-23(28-18)32-7-12-1-14(32)2-12)31-9-15-4-16(31)8-30(15)17-10-33-11-17/h3,5-6,12,14-17,22H,1-2,4,7-11H2,(H2,26,27). The molecule has 1 saturated carbocycles. The molecule has 7 heterocycles. The number of likely N-dealkylation sites (tertiary alicyclic amines) is 1. The molecular weight excluding hydrogens is 444 g/mol. The van der Waals surface area contributed by atoms with Crippen LogP contribution in [-0.4, -0.2) is 83.5 Å². The smallest absolute Gasteiger partial charge is 0.387 e. The van der Waals surface area contributed by atoms with E-state index in [0.717, 1.165) is 45.1 Å². The van der Waals surface area contributed by atoms with Gasteiger partial charge in [-0.2, -0.15) is 13.8 Å². The summed E-state index contributed by atoms with van der Waals surface area (Å²) in [5, 5.41) is 0. The third-order valence-corrected chi connectivity index (χ3v) is 8.12. The predicted molar refractivity (Wildman–Crippen MR) is 121 cm³/mol. The van der Waals surface area contributed by atoms with E-state index < -0.39 is 6.61 Å². The molecule has 2 aromatic rings. The van der Waals surface area contributed by atoms with Gasteiger partial charge >= 0.3 is 6.61 Å². The average Bonchev–Trinajstić information content (AvgIpc) is 3.53. The molecule has 5 aliphatic heterocycles. The minimum Gasteiger partial charge on any atom is -0.431 e. The van der Waals surface area contributed by atoms with Crippen molar-refractivity contribution in [3.8, 4) is 17.0 Å². The molecule has 4 bridgehead atoms. The van der Waals surface area contributed by atoms with E-state index in [4.69, 9.17) is 20.4 Å². The van der Waals surface area contributed by atoms with Crippen LogP contribution in [0.3, 0.4) is 0 Å². The van der Waals surface area contributed by atoms with Crippen molar-refractivity contribution in [1.29, 1.82) is 0 Å². The summed E-state index contributed by atoms with van der Waals surface area (Å²) >= 11 is 0. The summed E-state index contributed by atoms with van der Waals surface area (Å²) in [6.07, 6.45) is 5.05. The molecule has 5 saturated heterocycles. The van der Waals surface area contributed by atoms with Crippen LogP contribution in [0.1, 0.15) is 19.3 Å². The van der Waals surface area contributed by atoms with E-state index in [-0.39, 0.29) is 11.6 Å². The number of anilines is 3. The van der Waals surface area contributed by atoms with Gasteiger partial charge in [0.15, 0.2) is 11.6 Å². The Morgan fingerprint density at radius 1 is 0.971 bits per heavy atom. The third kappa shape index (κ3) is 3.28. The van der Waals surface area contributed by atoms with Crippen LogP contribution in [0.25, 0.3) is 11.3 Å². The number of rotatable bonds is 6. The third-order valence-electron chi connectivity index (χ3n) is 8.12. The number of alkyl halides is 2. The van der Waals surface area contributed by atoms with Crippen LogP contribution in [-0.2, 0) is 4.74 Å². The summed E-state index contributed by atoms with van der Waals surface area (Å²) in [5.41, 5.74) is 6.98.